The van der Waals surface area contributed by atoms with E-state index >= 15 is 0 Å². The van der Waals surface area contributed by atoms with Gasteiger partial charge in [0.1, 0.15) is 0 Å². The summed E-state index contributed by atoms with van der Waals surface area (Å²) >= 11 is 0. The number of carbonyl (C=O) groups is 1. The van der Waals surface area contributed by atoms with E-state index in [1.54, 1.807) is 17.9 Å². The highest BCUT2D eigenvalue weighted by molar-refractivity contribution is 6.07. The van der Waals surface area contributed by atoms with Crippen LogP contribution >= 0.6 is 0 Å². The van der Waals surface area contributed by atoms with Crippen molar-refractivity contribution >= 4 is 22.6 Å². The number of rotatable bonds is 4. The van der Waals surface area contributed by atoms with Crippen LogP contribution in [0.15, 0.2) is 6.20 Å². The maximum Gasteiger partial charge on any atom is 0.280 e. The monoisotopic (exact) mass is 289 g/mol. The van der Waals surface area contributed by atoms with Crippen molar-refractivity contribution in [3.63, 3.8) is 0 Å². The van der Waals surface area contributed by atoms with Crippen molar-refractivity contribution < 1.29 is 9.63 Å². The topological polar surface area (TPSA) is 72.3 Å². The molecular formula is C14H19N5O2. The first kappa shape index (κ1) is 13.8. The molecule has 1 amide bonds. The third-order valence-electron chi connectivity index (χ3n) is 3.74. The number of aromatic nitrogens is 3. The van der Waals surface area contributed by atoms with Gasteiger partial charge in [0.05, 0.1) is 29.4 Å². The minimum absolute atomic E-state index is 0.224. The van der Waals surface area contributed by atoms with E-state index in [1.165, 1.54) is 12.2 Å². The Labute approximate surface area is 122 Å². The number of nitrogens with one attached hydrogen (secondary N) is 1. The van der Waals surface area contributed by atoms with Gasteiger partial charge < -0.3 is 5.32 Å². The standard InChI is InChI=1S/C14H19N5O2/c1-8-11-12(16-9-5-6-9)10(14(20)19(3)21-4)7-15-13(11)18(2)17-8/h7,9H,5-6H2,1-4H3,(H,15,16). The number of hydrogen-bond acceptors (Lipinski definition) is 5. The SMILES string of the molecule is CON(C)C(=O)c1cnc2c(c(C)nn2C)c1NC1CC1. The van der Waals surface area contributed by atoms with Gasteiger partial charge in [0, 0.05) is 26.3 Å². The molecule has 1 aliphatic carbocycles. The van der Waals surface area contributed by atoms with Crippen LogP contribution in [0.5, 0.6) is 0 Å². The first-order chi connectivity index (χ1) is 10.0. The zero-order valence-electron chi connectivity index (χ0n) is 12.7. The number of hydroxylamine groups is 2. The first-order valence-electron chi connectivity index (χ1n) is 6.94. The number of fused-ring (bicyclic) bond motifs is 1. The van der Waals surface area contributed by atoms with Crippen molar-refractivity contribution in [2.24, 2.45) is 7.05 Å². The Morgan fingerprint density at radius 1 is 1.52 bits per heavy atom. The molecule has 112 valence electrons. The smallest absolute Gasteiger partial charge is 0.280 e. The van der Waals surface area contributed by atoms with Gasteiger partial charge in [-0.25, -0.2) is 10.0 Å². The van der Waals surface area contributed by atoms with Gasteiger partial charge in [0.15, 0.2) is 5.65 Å². The van der Waals surface area contributed by atoms with Gasteiger partial charge in [-0.1, -0.05) is 0 Å². The molecule has 2 heterocycles. The largest absolute Gasteiger partial charge is 0.381 e. The van der Waals surface area contributed by atoms with E-state index in [2.05, 4.69) is 15.4 Å². The van der Waals surface area contributed by atoms with E-state index in [0.717, 1.165) is 35.3 Å². The van der Waals surface area contributed by atoms with E-state index in [0.29, 0.717) is 11.6 Å². The highest BCUT2D eigenvalue weighted by atomic mass is 16.7. The fourth-order valence-electron chi connectivity index (χ4n) is 2.41. The molecule has 2 aromatic rings. The lowest BCUT2D eigenvalue weighted by atomic mass is 10.1. The summed E-state index contributed by atoms with van der Waals surface area (Å²) in [7, 11) is 4.91. The number of pyridine rings is 1. The maximum atomic E-state index is 12.5. The molecular weight excluding hydrogens is 270 g/mol. The van der Waals surface area contributed by atoms with Gasteiger partial charge >= 0.3 is 0 Å². The van der Waals surface area contributed by atoms with E-state index in [4.69, 9.17) is 4.84 Å². The van der Waals surface area contributed by atoms with E-state index in [1.807, 2.05) is 14.0 Å². The van der Waals surface area contributed by atoms with Crippen LogP contribution in [0.1, 0.15) is 28.9 Å². The van der Waals surface area contributed by atoms with Gasteiger partial charge in [0.25, 0.3) is 5.91 Å². The molecule has 0 bridgehead atoms. The van der Waals surface area contributed by atoms with Crippen molar-refractivity contribution in [1.82, 2.24) is 19.8 Å². The molecule has 2 aromatic heterocycles. The zero-order valence-corrected chi connectivity index (χ0v) is 12.7. The lowest BCUT2D eigenvalue weighted by Gasteiger charge is -2.17. The quantitative estimate of drug-likeness (QED) is 0.863. The molecule has 1 saturated carbocycles. The predicted octanol–water partition coefficient (Wildman–Crippen LogP) is 1.48. The number of carbonyl (C=O) groups excluding carboxylic acids is 1. The molecule has 0 aromatic carbocycles. The normalized spacial score (nSPS) is 14.5. The van der Waals surface area contributed by atoms with Crippen LogP contribution in [0.4, 0.5) is 5.69 Å². The predicted molar refractivity (Wildman–Crippen MR) is 79.0 cm³/mol. The second-order valence-corrected chi connectivity index (χ2v) is 5.36. The van der Waals surface area contributed by atoms with Crippen LogP contribution < -0.4 is 5.32 Å². The Hall–Kier alpha value is -2.15. The molecule has 0 saturated heterocycles. The van der Waals surface area contributed by atoms with Crippen LogP contribution in [-0.4, -0.2) is 45.9 Å². The summed E-state index contributed by atoms with van der Waals surface area (Å²) in [6, 6.07) is 0.426. The minimum Gasteiger partial charge on any atom is -0.381 e. The average Bonchev–Trinajstić information content (AvgIpc) is 3.23. The van der Waals surface area contributed by atoms with E-state index in [-0.39, 0.29) is 5.91 Å². The second-order valence-electron chi connectivity index (χ2n) is 5.36. The Bertz CT molecular complexity index is 705. The summed E-state index contributed by atoms with van der Waals surface area (Å²) < 4.78 is 1.73. The second kappa shape index (κ2) is 5.00. The van der Waals surface area contributed by atoms with Crippen molar-refractivity contribution in [3.8, 4) is 0 Å². The maximum absolute atomic E-state index is 12.5. The highest BCUT2D eigenvalue weighted by Gasteiger charge is 2.27. The molecule has 1 fully saturated rings. The summed E-state index contributed by atoms with van der Waals surface area (Å²) in [5.74, 6) is -0.224. The molecule has 1 N–H and O–H groups in total. The molecule has 0 spiro atoms. The van der Waals surface area contributed by atoms with Crippen molar-refractivity contribution in [2.75, 3.05) is 19.5 Å². The molecule has 7 nitrogen and oxygen atoms in total. The van der Waals surface area contributed by atoms with Gasteiger partial charge in [0.2, 0.25) is 0 Å². The lowest BCUT2D eigenvalue weighted by Crippen LogP contribution is -2.26. The Balaban J connectivity index is 2.18. The van der Waals surface area contributed by atoms with Crippen molar-refractivity contribution in [1.29, 1.82) is 0 Å². The van der Waals surface area contributed by atoms with Gasteiger partial charge in [-0.3, -0.25) is 14.3 Å². The summed E-state index contributed by atoms with van der Waals surface area (Å²) in [5, 5.41) is 9.95. The van der Waals surface area contributed by atoms with Crippen molar-refractivity contribution in [2.45, 2.75) is 25.8 Å². The highest BCUT2D eigenvalue weighted by Crippen LogP contribution is 2.33. The number of hydrogen-bond donors (Lipinski definition) is 1. The van der Waals surface area contributed by atoms with Gasteiger partial charge in [-0.05, 0) is 19.8 Å². The van der Waals surface area contributed by atoms with Crippen LogP contribution in [0.3, 0.4) is 0 Å². The van der Waals surface area contributed by atoms with E-state index < -0.39 is 0 Å². The summed E-state index contributed by atoms with van der Waals surface area (Å²) in [6.07, 6.45) is 3.83. The Morgan fingerprint density at radius 3 is 2.86 bits per heavy atom. The molecule has 1 aliphatic rings. The molecule has 0 radical (unpaired) electrons. The third-order valence-corrected chi connectivity index (χ3v) is 3.74. The third kappa shape index (κ3) is 2.33. The summed E-state index contributed by atoms with van der Waals surface area (Å²) in [4.78, 5) is 21.8. The fraction of sp³-hybridized carbons (Fsp3) is 0.500. The van der Waals surface area contributed by atoms with Crippen molar-refractivity contribution in [3.05, 3.63) is 17.5 Å². The summed E-state index contributed by atoms with van der Waals surface area (Å²) in [5.41, 5.74) is 2.95. The van der Waals surface area contributed by atoms with Crippen LogP contribution in [0.2, 0.25) is 0 Å². The molecule has 7 heteroatoms. The lowest BCUT2D eigenvalue weighted by molar-refractivity contribution is -0.0756. The average molecular weight is 289 g/mol. The zero-order chi connectivity index (χ0) is 15.1. The first-order valence-corrected chi connectivity index (χ1v) is 6.94. The molecule has 0 aliphatic heterocycles. The van der Waals surface area contributed by atoms with Crippen LogP contribution in [-0.2, 0) is 11.9 Å². The van der Waals surface area contributed by atoms with Gasteiger partial charge in [-0.2, -0.15) is 5.10 Å². The number of nitrogens with zero attached hydrogens (tertiary/aromatic N) is 4. The summed E-state index contributed by atoms with van der Waals surface area (Å²) in [6.45, 7) is 1.93. The molecule has 0 unspecified atom stereocenters. The van der Waals surface area contributed by atoms with E-state index in [9.17, 15) is 4.79 Å². The Kier molecular flexibility index (Phi) is 3.29. The fourth-order valence-corrected chi connectivity index (χ4v) is 2.41. The van der Waals surface area contributed by atoms with Crippen LogP contribution in [0, 0.1) is 6.92 Å². The molecule has 0 atom stereocenters. The van der Waals surface area contributed by atoms with Gasteiger partial charge in [-0.15, -0.1) is 0 Å². The number of anilines is 1. The molecule has 21 heavy (non-hydrogen) atoms. The number of amides is 1. The van der Waals surface area contributed by atoms with Crippen LogP contribution in [0.25, 0.3) is 11.0 Å². The number of aryl methyl sites for hydroxylation is 2. The molecule has 3 rings (SSSR count). The minimum atomic E-state index is -0.224. The Morgan fingerprint density at radius 2 is 2.24 bits per heavy atom.